The normalized spacial score (nSPS) is 12.8. The molecule has 2 N–H and O–H groups in total. The van der Waals surface area contributed by atoms with Gasteiger partial charge in [0.1, 0.15) is 11.6 Å². The molecule has 1 aromatic heterocycles. The van der Waals surface area contributed by atoms with Crippen molar-refractivity contribution < 1.29 is 9.53 Å². The molecular formula is C12H22N4O2. The number of aromatic nitrogens is 2. The van der Waals surface area contributed by atoms with E-state index in [9.17, 15) is 4.79 Å². The fourth-order valence-electron chi connectivity index (χ4n) is 1.59. The lowest BCUT2D eigenvalue weighted by atomic mass is 10.3. The average molecular weight is 254 g/mol. The van der Waals surface area contributed by atoms with Crippen LogP contribution in [0.5, 0.6) is 0 Å². The minimum Gasteiger partial charge on any atom is -0.461 e. The van der Waals surface area contributed by atoms with Crippen LogP contribution in [0.15, 0.2) is 0 Å². The zero-order valence-corrected chi connectivity index (χ0v) is 11.7. The molecule has 0 bridgehead atoms. The largest absolute Gasteiger partial charge is 0.461 e. The van der Waals surface area contributed by atoms with Crippen LogP contribution in [0, 0.1) is 6.92 Å². The Balaban J connectivity index is 2.97. The number of anilines is 1. The third-order valence-electron chi connectivity index (χ3n) is 2.99. The molecule has 0 saturated carbocycles. The summed E-state index contributed by atoms with van der Waals surface area (Å²) in [4.78, 5) is 17.9. The molecule has 0 amide bonds. The van der Waals surface area contributed by atoms with Gasteiger partial charge in [-0.3, -0.25) is 0 Å². The van der Waals surface area contributed by atoms with Crippen LogP contribution in [0.1, 0.15) is 30.2 Å². The Morgan fingerprint density at radius 3 is 2.67 bits per heavy atom. The summed E-state index contributed by atoms with van der Waals surface area (Å²) in [7, 11) is 4.00. The number of nitrogens with zero attached hydrogens (tertiary/aromatic N) is 3. The van der Waals surface area contributed by atoms with Crippen LogP contribution in [0.3, 0.4) is 0 Å². The molecule has 0 aromatic carbocycles. The summed E-state index contributed by atoms with van der Waals surface area (Å²) < 4.78 is 6.77. The summed E-state index contributed by atoms with van der Waals surface area (Å²) in [6.07, 6.45) is 0. The molecule has 6 heteroatoms. The number of carbonyl (C=O) groups is 1. The number of rotatable bonds is 5. The van der Waals surface area contributed by atoms with Gasteiger partial charge in [-0.05, 0) is 34.9 Å². The Morgan fingerprint density at radius 2 is 2.17 bits per heavy atom. The van der Waals surface area contributed by atoms with Gasteiger partial charge in [-0.15, -0.1) is 0 Å². The van der Waals surface area contributed by atoms with Crippen LogP contribution in [0.2, 0.25) is 0 Å². The van der Waals surface area contributed by atoms with Crippen LogP contribution >= 0.6 is 0 Å². The molecule has 18 heavy (non-hydrogen) atoms. The number of hydrogen-bond acceptors (Lipinski definition) is 5. The van der Waals surface area contributed by atoms with Crippen LogP contribution in [-0.2, 0) is 11.3 Å². The first-order chi connectivity index (χ1) is 8.38. The van der Waals surface area contributed by atoms with Gasteiger partial charge in [0, 0.05) is 12.6 Å². The van der Waals surface area contributed by atoms with Gasteiger partial charge in [-0.1, -0.05) is 0 Å². The molecule has 0 aliphatic carbocycles. The number of likely N-dealkylation sites (N-methyl/N-ethyl adjacent to an activating group) is 1. The number of nitrogen functional groups attached to an aromatic ring is 1. The van der Waals surface area contributed by atoms with E-state index in [1.807, 2.05) is 25.6 Å². The number of aryl methyl sites for hydroxylation is 1. The van der Waals surface area contributed by atoms with E-state index in [4.69, 9.17) is 10.5 Å². The van der Waals surface area contributed by atoms with Crippen LogP contribution in [-0.4, -0.2) is 47.2 Å². The van der Waals surface area contributed by atoms with Gasteiger partial charge in [-0.25, -0.2) is 9.78 Å². The van der Waals surface area contributed by atoms with Gasteiger partial charge >= 0.3 is 5.97 Å². The predicted octanol–water partition coefficient (Wildman–Crippen LogP) is 0.901. The van der Waals surface area contributed by atoms with E-state index < -0.39 is 5.97 Å². The Hall–Kier alpha value is -1.56. The van der Waals surface area contributed by atoms with Crippen LogP contribution < -0.4 is 5.73 Å². The Labute approximate surface area is 108 Å². The van der Waals surface area contributed by atoms with Crippen LogP contribution in [0.4, 0.5) is 5.82 Å². The van der Waals surface area contributed by atoms with Gasteiger partial charge in [0.2, 0.25) is 0 Å². The molecular weight excluding hydrogens is 232 g/mol. The molecule has 1 heterocycles. The fraction of sp³-hybridized carbons (Fsp3) is 0.667. The third-order valence-corrected chi connectivity index (χ3v) is 2.99. The second-order valence-corrected chi connectivity index (χ2v) is 4.54. The van der Waals surface area contributed by atoms with Crippen molar-refractivity contribution in [2.45, 2.75) is 33.4 Å². The highest BCUT2D eigenvalue weighted by molar-refractivity contribution is 5.92. The van der Waals surface area contributed by atoms with Crippen LogP contribution in [0.25, 0.3) is 0 Å². The maximum absolute atomic E-state index is 11.7. The number of ether oxygens (including phenoxy) is 1. The average Bonchev–Trinajstić information content (AvgIpc) is 2.57. The molecule has 0 saturated heterocycles. The molecule has 0 aliphatic rings. The second kappa shape index (κ2) is 5.86. The molecule has 1 unspecified atom stereocenters. The van der Waals surface area contributed by atoms with Crippen molar-refractivity contribution in [2.24, 2.45) is 0 Å². The highest BCUT2D eigenvalue weighted by Crippen LogP contribution is 2.16. The van der Waals surface area contributed by atoms with E-state index >= 15 is 0 Å². The van der Waals surface area contributed by atoms with E-state index in [2.05, 4.69) is 16.8 Å². The van der Waals surface area contributed by atoms with Gasteiger partial charge in [0.25, 0.3) is 0 Å². The molecule has 1 aromatic rings. The SMILES string of the molecule is CCOC(=O)c1nc(C)n(CC(C)N(C)C)c1N. The Morgan fingerprint density at radius 1 is 1.56 bits per heavy atom. The predicted molar refractivity (Wildman–Crippen MR) is 70.5 cm³/mol. The summed E-state index contributed by atoms with van der Waals surface area (Å²) in [5.74, 6) is 0.637. The zero-order valence-electron chi connectivity index (χ0n) is 11.7. The first-order valence-electron chi connectivity index (χ1n) is 6.04. The smallest absolute Gasteiger partial charge is 0.360 e. The summed E-state index contributed by atoms with van der Waals surface area (Å²) in [6, 6.07) is 0.301. The summed E-state index contributed by atoms with van der Waals surface area (Å²) >= 11 is 0. The van der Waals surface area contributed by atoms with E-state index in [1.54, 1.807) is 6.92 Å². The minimum atomic E-state index is -0.464. The first-order valence-corrected chi connectivity index (χ1v) is 6.04. The number of nitrogens with two attached hydrogens (primary N) is 1. The van der Waals surface area contributed by atoms with E-state index in [-0.39, 0.29) is 5.69 Å². The Kier molecular flexibility index (Phi) is 4.72. The standard InChI is InChI=1S/C12H22N4O2/c1-6-18-12(17)10-11(13)16(9(3)14-10)7-8(2)15(4)5/h8H,6-7,13H2,1-5H3. The maximum Gasteiger partial charge on any atom is 0.360 e. The van der Waals surface area contributed by atoms with Gasteiger partial charge in [0.15, 0.2) is 5.69 Å². The second-order valence-electron chi connectivity index (χ2n) is 4.54. The molecule has 0 fully saturated rings. The lowest BCUT2D eigenvalue weighted by molar-refractivity contribution is 0.0521. The third kappa shape index (κ3) is 3.01. The van der Waals surface area contributed by atoms with Crippen molar-refractivity contribution in [1.29, 1.82) is 0 Å². The van der Waals surface area contributed by atoms with E-state index in [0.717, 1.165) is 5.82 Å². The summed E-state index contributed by atoms with van der Waals surface area (Å²) in [5.41, 5.74) is 6.17. The van der Waals surface area contributed by atoms with E-state index in [0.29, 0.717) is 25.0 Å². The number of esters is 1. The molecule has 102 valence electrons. The molecule has 6 nitrogen and oxygen atoms in total. The summed E-state index contributed by atoms with van der Waals surface area (Å²) in [6.45, 7) is 6.69. The van der Waals surface area contributed by atoms with Crippen molar-refractivity contribution in [3.8, 4) is 0 Å². The Bertz CT molecular complexity index is 426. The van der Waals surface area contributed by atoms with Gasteiger partial charge < -0.3 is 19.9 Å². The quantitative estimate of drug-likeness (QED) is 0.790. The molecule has 0 aliphatic heterocycles. The van der Waals surface area contributed by atoms with Crippen molar-refractivity contribution in [2.75, 3.05) is 26.4 Å². The van der Waals surface area contributed by atoms with Crippen molar-refractivity contribution in [3.63, 3.8) is 0 Å². The highest BCUT2D eigenvalue weighted by atomic mass is 16.5. The van der Waals surface area contributed by atoms with E-state index in [1.165, 1.54) is 0 Å². The fourth-order valence-corrected chi connectivity index (χ4v) is 1.59. The topological polar surface area (TPSA) is 73.4 Å². The number of hydrogen-bond donors (Lipinski definition) is 1. The van der Waals surface area contributed by atoms with Crippen molar-refractivity contribution in [1.82, 2.24) is 14.5 Å². The summed E-state index contributed by atoms with van der Waals surface area (Å²) in [5, 5.41) is 0. The minimum absolute atomic E-state index is 0.209. The molecule has 0 spiro atoms. The first kappa shape index (κ1) is 14.5. The molecule has 0 radical (unpaired) electrons. The van der Waals surface area contributed by atoms with Gasteiger partial charge in [0.05, 0.1) is 6.61 Å². The van der Waals surface area contributed by atoms with Gasteiger partial charge in [-0.2, -0.15) is 0 Å². The zero-order chi connectivity index (χ0) is 13.9. The highest BCUT2D eigenvalue weighted by Gasteiger charge is 2.20. The van der Waals surface area contributed by atoms with Crippen molar-refractivity contribution in [3.05, 3.63) is 11.5 Å². The van der Waals surface area contributed by atoms with Crippen molar-refractivity contribution >= 4 is 11.8 Å². The number of imidazole rings is 1. The lowest BCUT2D eigenvalue weighted by Crippen LogP contribution is -2.30. The maximum atomic E-state index is 11.7. The monoisotopic (exact) mass is 254 g/mol. The molecule has 1 atom stereocenters. The molecule has 1 rings (SSSR count). The lowest BCUT2D eigenvalue weighted by Gasteiger charge is -2.21. The number of carbonyl (C=O) groups excluding carboxylic acids is 1.